The number of imidazole rings is 1. The molecule has 0 unspecified atom stereocenters. The van der Waals surface area contributed by atoms with Crippen molar-refractivity contribution in [1.29, 1.82) is 0 Å². The molecule has 0 amide bonds. The van der Waals surface area contributed by atoms with Crippen LogP contribution < -0.4 is 10.6 Å². The normalized spacial score (nSPS) is 10.5. The molecule has 3 aromatic rings. The first-order valence-electron chi connectivity index (χ1n) is 6.46. The fraction of sp³-hybridized carbons (Fsp3) is 0.250. The van der Waals surface area contributed by atoms with Gasteiger partial charge < -0.3 is 15.2 Å². The van der Waals surface area contributed by atoms with Crippen molar-refractivity contribution in [2.45, 2.75) is 13.5 Å². The second-order valence-electron chi connectivity index (χ2n) is 4.13. The van der Waals surface area contributed by atoms with Crippen LogP contribution in [-0.2, 0) is 6.54 Å². The predicted molar refractivity (Wildman–Crippen MR) is 74.9 cm³/mol. The van der Waals surface area contributed by atoms with Crippen molar-refractivity contribution in [1.82, 2.24) is 29.7 Å². The second kappa shape index (κ2) is 5.99. The minimum atomic E-state index is 0.452. The van der Waals surface area contributed by atoms with Gasteiger partial charge in [0.1, 0.15) is 18.3 Å². The molecular formula is C12H14N8O. The van der Waals surface area contributed by atoms with E-state index >= 15 is 0 Å². The molecule has 9 nitrogen and oxygen atoms in total. The van der Waals surface area contributed by atoms with Crippen LogP contribution in [0.1, 0.15) is 12.6 Å². The summed E-state index contributed by atoms with van der Waals surface area (Å²) in [5.41, 5.74) is 0.768. The first kappa shape index (κ1) is 13.0. The maximum atomic E-state index is 4.78. The number of rotatable bonds is 6. The van der Waals surface area contributed by atoms with Crippen LogP contribution in [0, 0.1) is 0 Å². The van der Waals surface area contributed by atoms with Gasteiger partial charge >= 0.3 is 0 Å². The highest BCUT2D eigenvalue weighted by Gasteiger charge is 2.08. The summed E-state index contributed by atoms with van der Waals surface area (Å²) >= 11 is 0. The Morgan fingerprint density at radius 3 is 2.71 bits per heavy atom. The number of nitrogens with zero attached hydrogens (tertiary/aromatic N) is 6. The number of nitrogens with one attached hydrogen (secondary N) is 2. The van der Waals surface area contributed by atoms with Gasteiger partial charge in [0.25, 0.3) is 0 Å². The van der Waals surface area contributed by atoms with Crippen LogP contribution in [0.3, 0.4) is 0 Å². The molecule has 0 fully saturated rings. The lowest BCUT2D eigenvalue weighted by atomic mass is 10.4. The monoisotopic (exact) mass is 286 g/mol. The molecule has 21 heavy (non-hydrogen) atoms. The molecule has 0 saturated heterocycles. The van der Waals surface area contributed by atoms with Crippen LogP contribution in [0.4, 0.5) is 11.9 Å². The van der Waals surface area contributed by atoms with Crippen LogP contribution >= 0.6 is 0 Å². The Labute approximate surface area is 120 Å². The lowest BCUT2D eigenvalue weighted by molar-refractivity contribution is 0.412. The van der Waals surface area contributed by atoms with E-state index < -0.39 is 0 Å². The molecule has 0 atom stereocenters. The van der Waals surface area contributed by atoms with Gasteiger partial charge in [-0.05, 0) is 6.92 Å². The van der Waals surface area contributed by atoms with Gasteiger partial charge in [-0.15, -0.1) is 0 Å². The zero-order valence-corrected chi connectivity index (χ0v) is 11.4. The van der Waals surface area contributed by atoms with Crippen LogP contribution in [0.15, 0.2) is 35.6 Å². The standard InChI is InChI=1S/C12H14N8O/c1-2-14-10-16-11(15-7-9-3-6-21-19-9)18-12(17-10)20-5-4-13-8-20/h3-6,8H,2,7H2,1H3,(H2,14,15,16,17,18). The van der Waals surface area contributed by atoms with Crippen molar-refractivity contribution in [3.8, 4) is 5.95 Å². The van der Waals surface area contributed by atoms with E-state index in [9.17, 15) is 0 Å². The smallest absolute Gasteiger partial charge is 0.241 e. The van der Waals surface area contributed by atoms with E-state index in [2.05, 4.69) is 35.7 Å². The fourth-order valence-corrected chi connectivity index (χ4v) is 1.67. The quantitative estimate of drug-likeness (QED) is 0.693. The third-order valence-electron chi connectivity index (χ3n) is 2.61. The molecule has 2 N–H and O–H groups in total. The predicted octanol–water partition coefficient (Wildman–Crippen LogP) is 1.09. The minimum Gasteiger partial charge on any atom is -0.364 e. The number of aromatic nitrogens is 6. The van der Waals surface area contributed by atoms with E-state index in [0.29, 0.717) is 24.4 Å². The van der Waals surface area contributed by atoms with E-state index in [1.54, 1.807) is 29.4 Å². The summed E-state index contributed by atoms with van der Waals surface area (Å²) in [6.45, 7) is 3.16. The molecule has 9 heteroatoms. The summed E-state index contributed by atoms with van der Waals surface area (Å²) in [5, 5.41) is 9.99. The van der Waals surface area contributed by atoms with Crippen molar-refractivity contribution >= 4 is 11.9 Å². The van der Waals surface area contributed by atoms with E-state index in [0.717, 1.165) is 12.2 Å². The Hall–Kier alpha value is -2.97. The minimum absolute atomic E-state index is 0.452. The highest BCUT2D eigenvalue weighted by molar-refractivity contribution is 5.38. The van der Waals surface area contributed by atoms with Gasteiger partial charge in [-0.2, -0.15) is 15.0 Å². The third-order valence-corrected chi connectivity index (χ3v) is 2.61. The molecule has 3 aromatic heterocycles. The zero-order chi connectivity index (χ0) is 14.5. The van der Waals surface area contributed by atoms with Crippen molar-refractivity contribution < 1.29 is 4.52 Å². The molecule has 0 aromatic carbocycles. The average molecular weight is 286 g/mol. The Bertz CT molecular complexity index is 679. The Morgan fingerprint density at radius 1 is 1.19 bits per heavy atom. The second-order valence-corrected chi connectivity index (χ2v) is 4.13. The summed E-state index contributed by atoms with van der Waals surface area (Å²) in [7, 11) is 0. The van der Waals surface area contributed by atoms with Crippen molar-refractivity contribution in [2.75, 3.05) is 17.2 Å². The number of anilines is 2. The fourth-order valence-electron chi connectivity index (χ4n) is 1.67. The third kappa shape index (κ3) is 3.14. The highest BCUT2D eigenvalue weighted by Crippen LogP contribution is 2.10. The van der Waals surface area contributed by atoms with E-state index in [4.69, 9.17) is 4.52 Å². The van der Waals surface area contributed by atoms with E-state index in [1.807, 2.05) is 6.92 Å². The molecule has 0 spiro atoms. The Balaban J connectivity index is 1.84. The zero-order valence-electron chi connectivity index (χ0n) is 11.4. The van der Waals surface area contributed by atoms with E-state index in [-0.39, 0.29) is 0 Å². The van der Waals surface area contributed by atoms with Gasteiger partial charge in [-0.25, -0.2) is 4.98 Å². The maximum absolute atomic E-state index is 4.78. The molecule has 0 aliphatic carbocycles. The van der Waals surface area contributed by atoms with Crippen LogP contribution in [-0.4, -0.2) is 36.2 Å². The molecule has 0 radical (unpaired) electrons. The summed E-state index contributed by atoms with van der Waals surface area (Å²) in [6.07, 6.45) is 6.59. The van der Waals surface area contributed by atoms with Crippen molar-refractivity contribution in [3.63, 3.8) is 0 Å². The van der Waals surface area contributed by atoms with Gasteiger partial charge in [0.2, 0.25) is 17.8 Å². The molecule has 0 bridgehead atoms. The van der Waals surface area contributed by atoms with Crippen LogP contribution in [0.2, 0.25) is 0 Å². The molecule has 0 saturated carbocycles. The first-order chi connectivity index (χ1) is 10.3. The van der Waals surface area contributed by atoms with Gasteiger partial charge in [-0.1, -0.05) is 5.16 Å². The summed E-state index contributed by atoms with van der Waals surface area (Å²) < 4.78 is 6.49. The van der Waals surface area contributed by atoms with Crippen LogP contribution in [0.25, 0.3) is 5.95 Å². The SMILES string of the molecule is CCNc1nc(NCc2ccon2)nc(-n2ccnc2)n1. The maximum Gasteiger partial charge on any atom is 0.241 e. The molecular weight excluding hydrogens is 272 g/mol. The molecule has 3 rings (SSSR count). The van der Waals surface area contributed by atoms with Gasteiger partial charge in [0, 0.05) is 25.0 Å². The average Bonchev–Trinajstić information content (AvgIpc) is 3.19. The first-order valence-corrected chi connectivity index (χ1v) is 6.46. The van der Waals surface area contributed by atoms with E-state index in [1.165, 1.54) is 6.26 Å². The van der Waals surface area contributed by atoms with Crippen molar-refractivity contribution in [3.05, 3.63) is 36.7 Å². The molecule has 3 heterocycles. The molecule has 0 aliphatic rings. The Kier molecular flexibility index (Phi) is 3.72. The number of hydrogen-bond donors (Lipinski definition) is 2. The Morgan fingerprint density at radius 2 is 2.05 bits per heavy atom. The summed E-state index contributed by atoms with van der Waals surface area (Å²) in [4.78, 5) is 17.0. The summed E-state index contributed by atoms with van der Waals surface area (Å²) in [6, 6.07) is 1.77. The molecule has 0 aliphatic heterocycles. The van der Waals surface area contributed by atoms with Gasteiger partial charge in [-0.3, -0.25) is 4.57 Å². The lowest BCUT2D eigenvalue weighted by Gasteiger charge is -2.08. The topological polar surface area (TPSA) is 107 Å². The van der Waals surface area contributed by atoms with Gasteiger partial charge in [0.15, 0.2) is 0 Å². The highest BCUT2D eigenvalue weighted by atomic mass is 16.5. The largest absolute Gasteiger partial charge is 0.364 e. The van der Waals surface area contributed by atoms with Crippen LogP contribution in [0.5, 0.6) is 0 Å². The molecule has 108 valence electrons. The lowest BCUT2D eigenvalue weighted by Crippen LogP contribution is -2.12. The van der Waals surface area contributed by atoms with Crippen molar-refractivity contribution in [2.24, 2.45) is 0 Å². The summed E-state index contributed by atoms with van der Waals surface area (Å²) in [5.74, 6) is 1.44. The van der Waals surface area contributed by atoms with Gasteiger partial charge in [0.05, 0.1) is 6.54 Å². The number of hydrogen-bond acceptors (Lipinski definition) is 8.